The van der Waals surface area contributed by atoms with Crippen molar-refractivity contribution in [2.45, 2.75) is 6.92 Å². The number of nitrogens with zero attached hydrogens (tertiary/aromatic N) is 3. The van der Waals surface area contributed by atoms with Gasteiger partial charge in [0.15, 0.2) is 0 Å². The van der Waals surface area contributed by atoms with Crippen LogP contribution in [0, 0.1) is 6.92 Å². The average molecular weight is 249 g/mol. The van der Waals surface area contributed by atoms with E-state index in [1.165, 1.54) is 5.56 Å². The molecule has 0 N–H and O–H groups in total. The number of anilines is 2. The summed E-state index contributed by atoms with van der Waals surface area (Å²) in [5.74, 6) is 0.925. The molecule has 3 aromatic rings. The largest absolute Gasteiger partial charge is 0.329 e. The van der Waals surface area contributed by atoms with Gasteiger partial charge in [-0.25, -0.2) is 9.97 Å². The highest BCUT2D eigenvalue weighted by atomic mass is 15.2. The molecule has 3 rings (SSSR count). The summed E-state index contributed by atoms with van der Waals surface area (Å²) in [5, 5.41) is 1.06. The monoisotopic (exact) mass is 249 g/mol. The molecule has 1 aromatic heterocycles. The quantitative estimate of drug-likeness (QED) is 0.693. The van der Waals surface area contributed by atoms with E-state index >= 15 is 0 Å². The normalized spacial score (nSPS) is 10.6. The third-order valence-corrected chi connectivity index (χ3v) is 3.26. The lowest BCUT2D eigenvalue weighted by Crippen LogP contribution is -2.11. The van der Waals surface area contributed by atoms with Gasteiger partial charge in [-0.2, -0.15) is 0 Å². The first-order chi connectivity index (χ1) is 9.25. The second kappa shape index (κ2) is 4.69. The molecule has 3 nitrogen and oxygen atoms in total. The van der Waals surface area contributed by atoms with Gasteiger partial charge in [-0.3, -0.25) is 0 Å². The summed E-state index contributed by atoms with van der Waals surface area (Å²) in [4.78, 5) is 10.8. The van der Waals surface area contributed by atoms with E-state index in [2.05, 4.69) is 52.1 Å². The van der Waals surface area contributed by atoms with Gasteiger partial charge in [0.1, 0.15) is 12.1 Å². The third-order valence-electron chi connectivity index (χ3n) is 3.26. The number of fused-ring (bicyclic) bond motifs is 1. The zero-order valence-electron chi connectivity index (χ0n) is 11.0. The maximum Gasteiger partial charge on any atom is 0.144 e. The molecule has 0 bridgehead atoms. The van der Waals surface area contributed by atoms with E-state index in [1.54, 1.807) is 6.33 Å². The second-order valence-corrected chi connectivity index (χ2v) is 4.61. The van der Waals surface area contributed by atoms with Crippen molar-refractivity contribution in [3.05, 3.63) is 60.4 Å². The van der Waals surface area contributed by atoms with Crippen LogP contribution < -0.4 is 4.90 Å². The van der Waals surface area contributed by atoms with E-state index in [0.29, 0.717) is 0 Å². The van der Waals surface area contributed by atoms with Crippen molar-refractivity contribution < 1.29 is 0 Å². The number of para-hydroxylation sites is 1. The lowest BCUT2D eigenvalue weighted by molar-refractivity contribution is 1.11. The number of aryl methyl sites for hydroxylation is 1. The van der Waals surface area contributed by atoms with Crippen molar-refractivity contribution in [1.29, 1.82) is 0 Å². The molecule has 94 valence electrons. The first-order valence-electron chi connectivity index (χ1n) is 6.26. The summed E-state index contributed by atoms with van der Waals surface area (Å²) in [6, 6.07) is 16.5. The molecular formula is C16H15N3. The molecule has 0 saturated carbocycles. The maximum absolute atomic E-state index is 4.42. The average Bonchev–Trinajstić information content (AvgIpc) is 2.47. The van der Waals surface area contributed by atoms with Gasteiger partial charge in [0.2, 0.25) is 0 Å². The Morgan fingerprint density at radius 1 is 0.895 bits per heavy atom. The van der Waals surface area contributed by atoms with Crippen LogP contribution >= 0.6 is 0 Å². The van der Waals surface area contributed by atoms with Gasteiger partial charge in [-0.1, -0.05) is 29.8 Å². The molecule has 0 spiro atoms. The number of rotatable bonds is 2. The van der Waals surface area contributed by atoms with Crippen LogP contribution in [-0.2, 0) is 0 Å². The Bertz CT molecular complexity index is 699. The van der Waals surface area contributed by atoms with Crippen LogP contribution in [0.3, 0.4) is 0 Å². The predicted molar refractivity (Wildman–Crippen MR) is 78.8 cm³/mol. The molecule has 0 atom stereocenters. The van der Waals surface area contributed by atoms with Crippen molar-refractivity contribution in [2.24, 2.45) is 0 Å². The van der Waals surface area contributed by atoms with E-state index < -0.39 is 0 Å². The Kier molecular flexibility index (Phi) is 2.88. The number of hydrogen-bond donors (Lipinski definition) is 0. The van der Waals surface area contributed by atoms with Gasteiger partial charge in [0, 0.05) is 18.1 Å². The third kappa shape index (κ3) is 2.15. The molecule has 19 heavy (non-hydrogen) atoms. The summed E-state index contributed by atoms with van der Waals surface area (Å²) in [6.07, 6.45) is 1.61. The first-order valence-corrected chi connectivity index (χ1v) is 6.26. The summed E-state index contributed by atoms with van der Waals surface area (Å²) in [7, 11) is 2.03. The van der Waals surface area contributed by atoms with E-state index in [0.717, 1.165) is 22.4 Å². The fraction of sp³-hybridized carbons (Fsp3) is 0.125. The van der Waals surface area contributed by atoms with Gasteiger partial charge < -0.3 is 4.90 Å². The highest BCUT2D eigenvalue weighted by Crippen LogP contribution is 2.27. The van der Waals surface area contributed by atoms with Gasteiger partial charge in [0.05, 0.1) is 5.52 Å². The van der Waals surface area contributed by atoms with Gasteiger partial charge in [-0.05, 0) is 31.2 Å². The molecule has 2 aromatic carbocycles. The van der Waals surface area contributed by atoms with E-state index in [4.69, 9.17) is 0 Å². The van der Waals surface area contributed by atoms with Crippen LogP contribution in [0.15, 0.2) is 54.9 Å². The summed E-state index contributed by atoms with van der Waals surface area (Å²) >= 11 is 0. The van der Waals surface area contributed by atoms with Crippen molar-refractivity contribution >= 4 is 22.4 Å². The molecule has 0 aliphatic rings. The second-order valence-electron chi connectivity index (χ2n) is 4.61. The van der Waals surface area contributed by atoms with Gasteiger partial charge in [0.25, 0.3) is 0 Å². The standard InChI is InChI=1S/C16H15N3/c1-12-7-9-13(10-8-12)19(2)16-14-5-3-4-6-15(14)17-11-18-16/h3-11H,1-2H3. The summed E-state index contributed by atoms with van der Waals surface area (Å²) in [6.45, 7) is 2.09. The van der Waals surface area contributed by atoms with Gasteiger partial charge in [-0.15, -0.1) is 0 Å². The lowest BCUT2D eigenvalue weighted by Gasteiger charge is -2.19. The van der Waals surface area contributed by atoms with Crippen LogP contribution in [0.5, 0.6) is 0 Å². The molecule has 0 radical (unpaired) electrons. The molecule has 0 aliphatic carbocycles. The Balaban J connectivity index is 2.11. The number of aromatic nitrogens is 2. The molecular weight excluding hydrogens is 234 g/mol. The number of hydrogen-bond acceptors (Lipinski definition) is 3. The summed E-state index contributed by atoms with van der Waals surface area (Å²) < 4.78 is 0. The molecule has 0 unspecified atom stereocenters. The summed E-state index contributed by atoms with van der Waals surface area (Å²) in [5.41, 5.74) is 3.34. The minimum Gasteiger partial charge on any atom is -0.329 e. The van der Waals surface area contributed by atoms with Crippen LogP contribution in [-0.4, -0.2) is 17.0 Å². The molecule has 0 saturated heterocycles. The van der Waals surface area contributed by atoms with Crippen molar-refractivity contribution in [3.63, 3.8) is 0 Å². The zero-order valence-corrected chi connectivity index (χ0v) is 11.0. The first kappa shape index (κ1) is 11.7. The van der Waals surface area contributed by atoms with Crippen molar-refractivity contribution in [3.8, 4) is 0 Å². The minimum absolute atomic E-state index is 0.925. The van der Waals surface area contributed by atoms with Gasteiger partial charge >= 0.3 is 0 Å². The smallest absolute Gasteiger partial charge is 0.144 e. The Morgan fingerprint density at radius 3 is 2.42 bits per heavy atom. The Hall–Kier alpha value is -2.42. The molecule has 0 fully saturated rings. The van der Waals surface area contributed by atoms with Crippen LogP contribution in [0.1, 0.15) is 5.56 Å². The highest BCUT2D eigenvalue weighted by Gasteiger charge is 2.09. The van der Waals surface area contributed by atoms with E-state index in [9.17, 15) is 0 Å². The molecule has 0 aliphatic heterocycles. The highest BCUT2D eigenvalue weighted by molar-refractivity contribution is 5.91. The lowest BCUT2D eigenvalue weighted by atomic mass is 10.2. The minimum atomic E-state index is 0.925. The van der Waals surface area contributed by atoms with Crippen LogP contribution in [0.25, 0.3) is 10.9 Å². The van der Waals surface area contributed by atoms with E-state index in [-0.39, 0.29) is 0 Å². The fourth-order valence-corrected chi connectivity index (χ4v) is 2.15. The Labute approximate surface area is 112 Å². The van der Waals surface area contributed by atoms with Crippen molar-refractivity contribution in [1.82, 2.24) is 9.97 Å². The zero-order chi connectivity index (χ0) is 13.2. The molecule has 0 amide bonds. The molecule has 1 heterocycles. The van der Waals surface area contributed by atoms with Crippen LogP contribution in [0.4, 0.5) is 11.5 Å². The fourth-order valence-electron chi connectivity index (χ4n) is 2.15. The van der Waals surface area contributed by atoms with Crippen LogP contribution in [0.2, 0.25) is 0 Å². The van der Waals surface area contributed by atoms with E-state index in [1.807, 2.05) is 25.2 Å². The number of benzene rings is 2. The molecule has 3 heteroatoms. The predicted octanol–water partition coefficient (Wildman–Crippen LogP) is 3.71. The van der Waals surface area contributed by atoms with Crippen molar-refractivity contribution in [2.75, 3.05) is 11.9 Å². The Morgan fingerprint density at radius 2 is 1.63 bits per heavy atom. The topological polar surface area (TPSA) is 29.0 Å². The maximum atomic E-state index is 4.42. The SMILES string of the molecule is Cc1ccc(N(C)c2ncnc3ccccc23)cc1.